The molecule has 1 nitrogen and oxygen atoms in total. The molecule has 1 aliphatic heterocycles. The number of benzene rings is 2. The lowest BCUT2D eigenvalue weighted by molar-refractivity contribution is 0.481. The summed E-state index contributed by atoms with van der Waals surface area (Å²) < 4.78 is 6.00. The molecule has 3 rings (SSSR count). The van der Waals surface area contributed by atoms with Crippen molar-refractivity contribution in [3.05, 3.63) is 59.2 Å². The van der Waals surface area contributed by atoms with E-state index >= 15 is 0 Å². The molecule has 2 aromatic rings. The van der Waals surface area contributed by atoms with Gasteiger partial charge in [-0.25, -0.2) is 0 Å². The monoisotopic (exact) mass is 250 g/mol. The molecule has 0 bridgehead atoms. The average Bonchev–Trinajstić information content (AvgIpc) is 2.57. The van der Waals surface area contributed by atoms with Gasteiger partial charge in [0.1, 0.15) is 11.5 Å². The molecule has 2 aromatic carbocycles. The highest BCUT2D eigenvalue weighted by Gasteiger charge is 2.10. The third-order valence-electron chi connectivity index (χ3n) is 3.30. The largest absolute Gasteiger partial charge is 0.456 e. The highest BCUT2D eigenvalue weighted by molar-refractivity contribution is 5.77. The first-order valence-electron chi connectivity index (χ1n) is 6.80. The summed E-state index contributed by atoms with van der Waals surface area (Å²) in [5.41, 5.74) is 3.66. The first-order chi connectivity index (χ1) is 9.22. The molecule has 19 heavy (non-hydrogen) atoms. The van der Waals surface area contributed by atoms with Gasteiger partial charge >= 0.3 is 0 Å². The summed E-state index contributed by atoms with van der Waals surface area (Å²) in [5, 5.41) is 0. The molecular formula is C18H18O. The second kappa shape index (κ2) is 4.93. The Morgan fingerprint density at radius 3 is 2.47 bits per heavy atom. The molecule has 1 heterocycles. The Balaban J connectivity index is 1.99. The molecule has 0 amide bonds. The zero-order chi connectivity index (χ0) is 13.2. The number of fused-ring (bicyclic) bond motifs is 2. The van der Waals surface area contributed by atoms with Crippen molar-refractivity contribution in [1.29, 1.82) is 0 Å². The molecule has 0 aromatic heterocycles. The Bertz CT molecular complexity index is 623. The van der Waals surface area contributed by atoms with Crippen molar-refractivity contribution < 1.29 is 4.74 Å². The molecule has 0 N–H and O–H groups in total. The Morgan fingerprint density at radius 1 is 0.895 bits per heavy atom. The third kappa shape index (κ3) is 2.55. The zero-order valence-electron chi connectivity index (χ0n) is 11.4. The number of para-hydroxylation sites is 1. The van der Waals surface area contributed by atoms with E-state index in [-0.39, 0.29) is 0 Å². The molecule has 0 aliphatic carbocycles. The van der Waals surface area contributed by atoms with Crippen molar-refractivity contribution in [3.8, 4) is 11.5 Å². The number of ether oxygens (including phenoxy) is 1. The number of rotatable bonds is 2. The molecule has 0 unspecified atom stereocenters. The lowest BCUT2D eigenvalue weighted by Gasteiger charge is -2.11. The summed E-state index contributed by atoms with van der Waals surface area (Å²) in [6.45, 7) is 4.49. The van der Waals surface area contributed by atoms with Crippen molar-refractivity contribution in [1.82, 2.24) is 0 Å². The predicted molar refractivity (Wildman–Crippen MR) is 80.4 cm³/mol. The topological polar surface area (TPSA) is 9.23 Å². The fourth-order valence-corrected chi connectivity index (χ4v) is 2.43. The second-order valence-electron chi connectivity index (χ2n) is 5.44. The van der Waals surface area contributed by atoms with Crippen LogP contribution in [-0.4, -0.2) is 0 Å². The van der Waals surface area contributed by atoms with E-state index in [0.717, 1.165) is 29.0 Å². The molecule has 1 heteroatoms. The Hall–Kier alpha value is -2.02. The maximum atomic E-state index is 6.00. The molecule has 0 atom stereocenters. The minimum Gasteiger partial charge on any atom is -0.456 e. The van der Waals surface area contributed by atoms with E-state index in [4.69, 9.17) is 4.74 Å². The van der Waals surface area contributed by atoms with Crippen LogP contribution < -0.4 is 4.74 Å². The van der Waals surface area contributed by atoms with Crippen molar-refractivity contribution in [2.75, 3.05) is 0 Å². The minimum atomic E-state index is 0.672. The molecule has 0 radical (unpaired) electrons. The molecular weight excluding hydrogens is 232 g/mol. The quantitative estimate of drug-likeness (QED) is 0.610. The van der Waals surface area contributed by atoms with Gasteiger partial charge in [0.05, 0.1) is 0 Å². The lowest BCUT2D eigenvalue weighted by Crippen LogP contribution is -1.95. The van der Waals surface area contributed by atoms with E-state index in [9.17, 15) is 0 Å². The summed E-state index contributed by atoms with van der Waals surface area (Å²) in [4.78, 5) is 0. The van der Waals surface area contributed by atoms with Gasteiger partial charge in [-0.3, -0.25) is 0 Å². The van der Waals surface area contributed by atoms with Crippen molar-refractivity contribution in [2.45, 2.75) is 20.3 Å². The van der Waals surface area contributed by atoms with Gasteiger partial charge < -0.3 is 4.74 Å². The van der Waals surface area contributed by atoms with Crippen molar-refractivity contribution in [3.63, 3.8) is 0 Å². The van der Waals surface area contributed by atoms with E-state index in [0.29, 0.717) is 5.92 Å². The van der Waals surface area contributed by atoms with E-state index in [2.05, 4.69) is 50.3 Å². The lowest BCUT2D eigenvalue weighted by atomic mass is 10.0. The third-order valence-corrected chi connectivity index (χ3v) is 3.30. The predicted octanol–water partition coefficient (Wildman–Crippen LogP) is 5.16. The van der Waals surface area contributed by atoms with Crippen LogP contribution in [0.15, 0.2) is 42.5 Å². The molecule has 0 saturated heterocycles. The molecule has 0 spiro atoms. The van der Waals surface area contributed by atoms with Gasteiger partial charge in [0.2, 0.25) is 0 Å². The summed E-state index contributed by atoms with van der Waals surface area (Å²) >= 11 is 0. The summed E-state index contributed by atoms with van der Waals surface area (Å²) in [6.07, 6.45) is 5.37. The fraction of sp³-hybridized carbons (Fsp3) is 0.222. The molecule has 1 aliphatic rings. The van der Waals surface area contributed by atoms with Gasteiger partial charge in [-0.05, 0) is 36.1 Å². The Kier molecular flexibility index (Phi) is 3.12. The highest BCUT2D eigenvalue weighted by atomic mass is 16.5. The molecule has 96 valence electrons. The van der Waals surface area contributed by atoms with Crippen LogP contribution in [-0.2, 0) is 6.42 Å². The van der Waals surface area contributed by atoms with Crippen LogP contribution in [0.5, 0.6) is 11.5 Å². The van der Waals surface area contributed by atoms with Gasteiger partial charge in [0.15, 0.2) is 0 Å². The maximum absolute atomic E-state index is 6.00. The first kappa shape index (κ1) is 12.0. The smallest absolute Gasteiger partial charge is 0.134 e. The number of hydrogen-bond acceptors (Lipinski definition) is 1. The normalized spacial score (nSPS) is 12.6. The van der Waals surface area contributed by atoms with E-state index in [1.807, 2.05) is 18.2 Å². The molecule has 0 fully saturated rings. The summed E-state index contributed by atoms with van der Waals surface area (Å²) in [6, 6.07) is 14.6. The van der Waals surface area contributed by atoms with Gasteiger partial charge in [-0.15, -0.1) is 0 Å². The van der Waals surface area contributed by atoms with Crippen LogP contribution in [0.1, 0.15) is 30.5 Å². The first-order valence-corrected chi connectivity index (χ1v) is 6.80. The Labute approximate surface area is 114 Å². The van der Waals surface area contributed by atoms with Crippen LogP contribution in [0.4, 0.5) is 0 Å². The summed E-state index contributed by atoms with van der Waals surface area (Å²) in [7, 11) is 0. The van der Waals surface area contributed by atoms with Crippen LogP contribution in [0.2, 0.25) is 0 Å². The van der Waals surface area contributed by atoms with E-state index < -0.39 is 0 Å². The summed E-state index contributed by atoms with van der Waals surface area (Å²) in [5.74, 6) is 2.54. The van der Waals surface area contributed by atoms with Crippen LogP contribution in [0.25, 0.3) is 12.2 Å². The maximum Gasteiger partial charge on any atom is 0.134 e. The highest BCUT2D eigenvalue weighted by Crippen LogP contribution is 2.34. The van der Waals surface area contributed by atoms with Crippen LogP contribution >= 0.6 is 0 Å². The zero-order valence-corrected chi connectivity index (χ0v) is 11.4. The van der Waals surface area contributed by atoms with Gasteiger partial charge in [-0.2, -0.15) is 0 Å². The van der Waals surface area contributed by atoms with Gasteiger partial charge in [0, 0.05) is 11.1 Å². The van der Waals surface area contributed by atoms with Crippen molar-refractivity contribution in [2.24, 2.45) is 5.92 Å². The fourth-order valence-electron chi connectivity index (χ4n) is 2.43. The molecule has 0 saturated carbocycles. The average molecular weight is 250 g/mol. The van der Waals surface area contributed by atoms with Crippen LogP contribution in [0.3, 0.4) is 0 Å². The SMILES string of the molecule is CC(C)Cc1ccc2c(c1)C=Cc1ccccc1O2. The van der Waals surface area contributed by atoms with Gasteiger partial charge in [0.25, 0.3) is 0 Å². The Morgan fingerprint density at radius 2 is 1.63 bits per heavy atom. The van der Waals surface area contributed by atoms with Crippen molar-refractivity contribution >= 4 is 12.2 Å². The minimum absolute atomic E-state index is 0.672. The number of hydrogen-bond donors (Lipinski definition) is 0. The van der Waals surface area contributed by atoms with Gasteiger partial charge in [-0.1, -0.05) is 50.3 Å². The second-order valence-corrected chi connectivity index (χ2v) is 5.44. The standard InChI is InChI=1S/C18H18O/c1-13(2)11-14-7-10-18-16(12-14)9-8-15-5-3-4-6-17(15)19-18/h3-10,12-13H,11H2,1-2H3. The van der Waals surface area contributed by atoms with E-state index in [1.54, 1.807) is 0 Å². The van der Waals surface area contributed by atoms with E-state index in [1.165, 1.54) is 5.56 Å². The van der Waals surface area contributed by atoms with Crippen LogP contribution in [0, 0.1) is 5.92 Å².